The van der Waals surface area contributed by atoms with Crippen LogP contribution in [0.15, 0.2) is 0 Å². The van der Waals surface area contributed by atoms with E-state index in [1.54, 1.807) is 0 Å². The predicted octanol–water partition coefficient (Wildman–Crippen LogP) is 1.02. The van der Waals surface area contributed by atoms with Crippen molar-refractivity contribution in [3.63, 3.8) is 0 Å². The van der Waals surface area contributed by atoms with E-state index >= 15 is 0 Å². The van der Waals surface area contributed by atoms with E-state index in [0.717, 1.165) is 45.8 Å². The van der Waals surface area contributed by atoms with Gasteiger partial charge in [-0.3, -0.25) is 4.90 Å². The van der Waals surface area contributed by atoms with Crippen LogP contribution >= 0.6 is 11.6 Å². The maximum absolute atomic E-state index is 5.98. The molecule has 0 bridgehead atoms. The Bertz CT molecular complexity index is 423. The SMILES string of the molecule is CCc1nc(Cl)c(N)c(NCCN2CCOCC2)n1. The number of ether oxygens (including phenoxy) is 1. The Kier molecular flexibility index (Phi) is 5.18. The fraction of sp³-hybridized carbons (Fsp3) is 0.667. The molecule has 1 aromatic heterocycles. The van der Waals surface area contributed by atoms with Gasteiger partial charge in [-0.1, -0.05) is 18.5 Å². The quantitative estimate of drug-likeness (QED) is 0.787. The second-order valence-electron chi connectivity index (χ2n) is 4.43. The molecule has 1 aliphatic rings. The van der Waals surface area contributed by atoms with Crippen LogP contribution < -0.4 is 11.1 Å². The number of aryl methyl sites for hydroxylation is 1. The number of nitrogens with one attached hydrogen (secondary N) is 1. The van der Waals surface area contributed by atoms with Crippen LogP contribution in [0.4, 0.5) is 11.5 Å². The normalized spacial score (nSPS) is 16.5. The molecule has 1 saturated heterocycles. The number of aromatic nitrogens is 2. The van der Waals surface area contributed by atoms with Crippen LogP contribution in [0.5, 0.6) is 0 Å². The Morgan fingerprint density at radius 2 is 2.11 bits per heavy atom. The standard InChI is InChI=1S/C12H20ClN5O/c1-2-9-16-11(13)10(14)12(17-9)15-3-4-18-5-7-19-8-6-18/h2-8,14H2,1H3,(H,15,16,17). The summed E-state index contributed by atoms with van der Waals surface area (Å²) in [4.78, 5) is 10.8. The van der Waals surface area contributed by atoms with Crippen LogP contribution in [0.25, 0.3) is 0 Å². The van der Waals surface area contributed by atoms with Gasteiger partial charge in [0.05, 0.1) is 13.2 Å². The number of hydrogen-bond donors (Lipinski definition) is 2. The van der Waals surface area contributed by atoms with Crippen molar-refractivity contribution in [2.75, 3.05) is 50.4 Å². The molecular weight excluding hydrogens is 266 g/mol. The van der Waals surface area contributed by atoms with Crippen molar-refractivity contribution >= 4 is 23.1 Å². The lowest BCUT2D eigenvalue weighted by Crippen LogP contribution is -2.39. The summed E-state index contributed by atoms with van der Waals surface area (Å²) in [6.07, 6.45) is 0.734. The molecule has 2 rings (SSSR count). The van der Waals surface area contributed by atoms with Gasteiger partial charge in [0.1, 0.15) is 11.5 Å². The molecule has 6 nitrogen and oxygen atoms in total. The molecule has 0 amide bonds. The first kappa shape index (κ1) is 14.3. The molecule has 0 saturated carbocycles. The van der Waals surface area contributed by atoms with Crippen LogP contribution in [0.3, 0.4) is 0 Å². The zero-order chi connectivity index (χ0) is 13.7. The highest BCUT2D eigenvalue weighted by molar-refractivity contribution is 6.32. The fourth-order valence-corrected chi connectivity index (χ4v) is 2.12. The summed E-state index contributed by atoms with van der Waals surface area (Å²) in [5.41, 5.74) is 6.29. The number of anilines is 2. The van der Waals surface area contributed by atoms with Crippen molar-refractivity contribution in [2.45, 2.75) is 13.3 Å². The first-order valence-corrected chi connectivity index (χ1v) is 6.94. The Morgan fingerprint density at radius 1 is 1.37 bits per heavy atom. The smallest absolute Gasteiger partial charge is 0.157 e. The van der Waals surface area contributed by atoms with Crippen molar-refractivity contribution in [1.29, 1.82) is 0 Å². The van der Waals surface area contributed by atoms with E-state index < -0.39 is 0 Å². The van der Waals surface area contributed by atoms with Crippen LogP contribution in [0.1, 0.15) is 12.7 Å². The largest absolute Gasteiger partial charge is 0.393 e. The van der Waals surface area contributed by atoms with Gasteiger partial charge in [-0.15, -0.1) is 0 Å². The Labute approximate surface area is 118 Å². The number of rotatable bonds is 5. The molecule has 3 N–H and O–H groups in total. The molecule has 0 aliphatic carbocycles. The number of hydrogen-bond acceptors (Lipinski definition) is 6. The number of nitrogen functional groups attached to an aromatic ring is 1. The van der Waals surface area contributed by atoms with Crippen molar-refractivity contribution in [1.82, 2.24) is 14.9 Å². The minimum absolute atomic E-state index is 0.320. The predicted molar refractivity (Wildman–Crippen MR) is 76.6 cm³/mol. The third-order valence-corrected chi connectivity index (χ3v) is 3.37. The van der Waals surface area contributed by atoms with E-state index in [-0.39, 0.29) is 0 Å². The molecule has 19 heavy (non-hydrogen) atoms. The van der Waals surface area contributed by atoms with E-state index in [1.165, 1.54) is 0 Å². The van der Waals surface area contributed by atoms with Crippen LogP contribution in [-0.4, -0.2) is 54.3 Å². The van der Waals surface area contributed by atoms with E-state index in [1.807, 2.05) is 6.92 Å². The summed E-state index contributed by atoms with van der Waals surface area (Å²) in [5.74, 6) is 1.33. The van der Waals surface area contributed by atoms with Gasteiger partial charge < -0.3 is 15.8 Å². The summed E-state index contributed by atoms with van der Waals surface area (Å²) < 4.78 is 5.31. The highest BCUT2D eigenvalue weighted by Crippen LogP contribution is 2.23. The summed E-state index contributed by atoms with van der Waals surface area (Å²) in [5, 5.41) is 3.55. The molecule has 0 aromatic carbocycles. The average Bonchev–Trinajstić information content (AvgIpc) is 2.44. The van der Waals surface area contributed by atoms with Gasteiger partial charge in [0.2, 0.25) is 0 Å². The van der Waals surface area contributed by atoms with Gasteiger partial charge in [0, 0.05) is 32.6 Å². The third-order valence-electron chi connectivity index (χ3n) is 3.09. The van der Waals surface area contributed by atoms with Crippen molar-refractivity contribution < 1.29 is 4.74 Å². The van der Waals surface area contributed by atoms with Gasteiger partial charge in [-0.05, 0) is 0 Å². The van der Waals surface area contributed by atoms with E-state index in [4.69, 9.17) is 22.1 Å². The Balaban J connectivity index is 1.89. The molecule has 1 aromatic rings. The molecular formula is C12H20ClN5O. The maximum Gasteiger partial charge on any atom is 0.157 e. The van der Waals surface area contributed by atoms with Crippen LogP contribution in [0, 0.1) is 0 Å². The molecule has 0 unspecified atom stereocenters. The monoisotopic (exact) mass is 285 g/mol. The summed E-state index contributed by atoms with van der Waals surface area (Å²) in [6.45, 7) is 7.26. The molecule has 0 spiro atoms. The van der Waals surface area contributed by atoms with Gasteiger partial charge in [0.15, 0.2) is 11.0 Å². The fourth-order valence-electron chi connectivity index (χ4n) is 1.94. The van der Waals surface area contributed by atoms with E-state index in [9.17, 15) is 0 Å². The van der Waals surface area contributed by atoms with Gasteiger partial charge in [0.25, 0.3) is 0 Å². The zero-order valence-corrected chi connectivity index (χ0v) is 11.9. The second kappa shape index (κ2) is 6.88. The number of nitrogens with zero attached hydrogens (tertiary/aromatic N) is 3. The molecule has 1 aliphatic heterocycles. The number of nitrogens with two attached hydrogens (primary N) is 1. The molecule has 1 fully saturated rings. The lowest BCUT2D eigenvalue weighted by molar-refractivity contribution is 0.0398. The zero-order valence-electron chi connectivity index (χ0n) is 11.2. The lowest BCUT2D eigenvalue weighted by atomic mass is 10.4. The second-order valence-corrected chi connectivity index (χ2v) is 4.79. The first-order chi connectivity index (χ1) is 9.20. The van der Waals surface area contributed by atoms with Gasteiger partial charge in [-0.2, -0.15) is 0 Å². The van der Waals surface area contributed by atoms with E-state index in [2.05, 4.69) is 20.2 Å². The van der Waals surface area contributed by atoms with Crippen molar-refractivity contribution in [2.24, 2.45) is 0 Å². The minimum atomic E-state index is 0.320. The molecule has 7 heteroatoms. The summed E-state index contributed by atoms with van der Waals surface area (Å²) >= 11 is 5.98. The maximum atomic E-state index is 5.98. The minimum Gasteiger partial charge on any atom is -0.393 e. The van der Waals surface area contributed by atoms with Crippen LogP contribution in [0.2, 0.25) is 5.15 Å². The van der Waals surface area contributed by atoms with Crippen molar-refractivity contribution in [3.8, 4) is 0 Å². The highest BCUT2D eigenvalue weighted by atomic mass is 35.5. The molecule has 2 heterocycles. The molecule has 0 radical (unpaired) electrons. The van der Waals surface area contributed by atoms with E-state index in [0.29, 0.717) is 22.5 Å². The molecule has 106 valence electrons. The number of morpholine rings is 1. The van der Waals surface area contributed by atoms with Gasteiger partial charge in [-0.25, -0.2) is 9.97 Å². The average molecular weight is 286 g/mol. The van der Waals surface area contributed by atoms with Gasteiger partial charge >= 0.3 is 0 Å². The highest BCUT2D eigenvalue weighted by Gasteiger charge is 2.12. The Morgan fingerprint density at radius 3 is 2.79 bits per heavy atom. The summed E-state index contributed by atoms with van der Waals surface area (Å²) in [6, 6.07) is 0. The topological polar surface area (TPSA) is 76.3 Å². The number of halogens is 1. The van der Waals surface area contributed by atoms with Crippen molar-refractivity contribution in [3.05, 3.63) is 11.0 Å². The third kappa shape index (κ3) is 3.92. The van der Waals surface area contributed by atoms with Crippen LogP contribution in [-0.2, 0) is 11.2 Å². The molecule has 0 atom stereocenters. The lowest BCUT2D eigenvalue weighted by Gasteiger charge is -2.26. The summed E-state index contributed by atoms with van der Waals surface area (Å²) in [7, 11) is 0. The Hall–Kier alpha value is -1.11. The first-order valence-electron chi connectivity index (χ1n) is 6.56.